The van der Waals surface area contributed by atoms with Crippen molar-refractivity contribution in [3.8, 4) is 0 Å². The minimum absolute atomic E-state index is 0.178. The molecule has 1 heterocycles. The molecule has 0 aliphatic carbocycles. The molecule has 1 aliphatic heterocycles. The van der Waals surface area contributed by atoms with E-state index < -0.39 is 11.4 Å². The lowest BCUT2D eigenvalue weighted by molar-refractivity contribution is -0.148. The molecule has 0 aromatic heterocycles. The molecule has 0 spiro atoms. The first kappa shape index (κ1) is 14.4. The van der Waals surface area contributed by atoms with Crippen molar-refractivity contribution in [2.24, 2.45) is 5.41 Å². The van der Waals surface area contributed by atoms with Crippen molar-refractivity contribution >= 4 is 17.6 Å². The molecular weight excluding hydrogens is 256 g/mol. The highest BCUT2D eigenvalue weighted by Gasteiger charge is 2.45. The quantitative estimate of drug-likeness (QED) is 0.826. The molecular formula is C15H20N2O3. The minimum Gasteiger partial charge on any atom is -0.481 e. The lowest BCUT2D eigenvalue weighted by atomic mass is 9.84. The normalized spacial score (nSPS) is 22.0. The van der Waals surface area contributed by atoms with Gasteiger partial charge in [-0.15, -0.1) is 0 Å². The fourth-order valence-corrected chi connectivity index (χ4v) is 2.69. The summed E-state index contributed by atoms with van der Waals surface area (Å²) in [7, 11) is 0. The standard InChI is InChI=1S/C15H20N2O3/c1-3-15(14(19)20)6-7-17(9-15)13(18)11-8-10(2)4-5-12(11)16/h4-5,8H,3,6-7,9,16H2,1-2H3,(H,19,20). The maximum absolute atomic E-state index is 12.5. The highest BCUT2D eigenvalue weighted by Crippen LogP contribution is 2.35. The summed E-state index contributed by atoms with van der Waals surface area (Å²) in [5, 5.41) is 9.37. The molecule has 1 atom stereocenters. The third-order valence-corrected chi connectivity index (χ3v) is 4.21. The van der Waals surface area contributed by atoms with Crippen molar-refractivity contribution in [3.63, 3.8) is 0 Å². The summed E-state index contributed by atoms with van der Waals surface area (Å²) in [6.45, 7) is 4.47. The van der Waals surface area contributed by atoms with Crippen LogP contribution in [-0.4, -0.2) is 35.0 Å². The Hall–Kier alpha value is -2.04. The Labute approximate surface area is 118 Å². The van der Waals surface area contributed by atoms with Gasteiger partial charge in [0.25, 0.3) is 5.91 Å². The van der Waals surface area contributed by atoms with Crippen molar-refractivity contribution in [1.82, 2.24) is 4.90 Å². The number of likely N-dealkylation sites (tertiary alicyclic amines) is 1. The number of carbonyl (C=O) groups excluding carboxylic acids is 1. The van der Waals surface area contributed by atoms with Crippen LogP contribution in [0.2, 0.25) is 0 Å². The number of anilines is 1. The van der Waals surface area contributed by atoms with Gasteiger partial charge in [-0.3, -0.25) is 9.59 Å². The van der Waals surface area contributed by atoms with E-state index in [1.54, 1.807) is 17.0 Å². The number of rotatable bonds is 3. The van der Waals surface area contributed by atoms with Gasteiger partial charge in [0, 0.05) is 18.8 Å². The van der Waals surface area contributed by atoms with Gasteiger partial charge in [-0.05, 0) is 31.9 Å². The van der Waals surface area contributed by atoms with E-state index in [0.717, 1.165) is 5.56 Å². The Kier molecular flexibility index (Phi) is 3.70. The zero-order valence-electron chi connectivity index (χ0n) is 11.8. The molecule has 1 amide bonds. The molecule has 1 unspecified atom stereocenters. The minimum atomic E-state index is -0.826. The molecule has 5 heteroatoms. The van der Waals surface area contributed by atoms with E-state index in [1.807, 2.05) is 19.9 Å². The van der Waals surface area contributed by atoms with Gasteiger partial charge >= 0.3 is 5.97 Å². The Morgan fingerprint density at radius 2 is 2.15 bits per heavy atom. The van der Waals surface area contributed by atoms with E-state index in [9.17, 15) is 14.7 Å². The molecule has 3 N–H and O–H groups in total. The second-order valence-corrected chi connectivity index (χ2v) is 5.51. The van der Waals surface area contributed by atoms with E-state index in [0.29, 0.717) is 30.6 Å². The molecule has 0 saturated carbocycles. The van der Waals surface area contributed by atoms with Crippen LogP contribution < -0.4 is 5.73 Å². The van der Waals surface area contributed by atoms with Crippen LogP contribution >= 0.6 is 0 Å². The molecule has 20 heavy (non-hydrogen) atoms. The smallest absolute Gasteiger partial charge is 0.311 e. The van der Waals surface area contributed by atoms with Crippen molar-refractivity contribution < 1.29 is 14.7 Å². The third-order valence-electron chi connectivity index (χ3n) is 4.21. The number of aryl methyl sites for hydroxylation is 1. The lowest BCUT2D eigenvalue weighted by Crippen LogP contribution is -2.36. The van der Waals surface area contributed by atoms with E-state index in [4.69, 9.17) is 5.73 Å². The van der Waals surface area contributed by atoms with Gasteiger partial charge in [0.05, 0.1) is 11.0 Å². The Balaban J connectivity index is 2.24. The van der Waals surface area contributed by atoms with Gasteiger partial charge in [-0.1, -0.05) is 18.6 Å². The number of amides is 1. The van der Waals surface area contributed by atoms with Gasteiger partial charge in [0.1, 0.15) is 0 Å². The molecule has 1 aliphatic rings. The van der Waals surface area contributed by atoms with E-state index in [1.165, 1.54) is 0 Å². The topological polar surface area (TPSA) is 83.6 Å². The predicted octanol–water partition coefficient (Wildman–Crippen LogP) is 1.90. The Morgan fingerprint density at radius 3 is 2.70 bits per heavy atom. The van der Waals surface area contributed by atoms with Gasteiger partial charge in [0.15, 0.2) is 0 Å². The number of carbonyl (C=O) groups is 2. The average molecular weight is 276 g/mol. The highest BCUT2D eigenvalue weighted by atomic mass is 16.4. The van der Waals surface area contributed by atoms with E-state index in [2.05, 4.69) is 0 Å². The highest BCUT2D eigenvalue weighted by molar-refractivity contribution is 5.99. The summed E-state index contributed by atoms with van der Waals surface area (Å²) in [5.74, 6) is -1.00. The summed E-state index contributed by atoms with van der Waals surface area (Å²) in [5.41, 5.74) is 6.90. The average Bonchev–Trinajstić information content (AvgIpc) is 2.86. The second-order valence-electron chi connectivity index (χ2n) is 5.51. The number of carboxylic acid groups (broad SMARTS) is 1. The van der Waals surface area contributed by atoms with Crippen LogP contribution in [0.25, 0.3) is 0 Å². The number of aliphatic carboxylic acids is 1. The fourth-order valence-electron chi connectivity index (χ4n) is 2.69. The summed E-state index contributed by atoms with van der Waals surface area (Å²) >= 11 is 0. The molecule has 1 saturated heterocycles. The van der Waals surface area contributed by atoms with Gasteiger partial charge in [-0.2, -0.15) is 0 Å². The zero-order valence-corrected chi connectivity index (χ0v) is 11.8. The number of nitrogens with two attached hydrogens (primary N) is 1. The number of hydrogen-bond donors (Lipinski definition) is 2. The molecule has 2 rings (SSSR count). The molecule has 0 bridgehead atoms. The SMILES string of the molecule is CCC1(C(=O)O)CCN(C(=O)c2cc(C)ccc2N)C1. The summed E-state index contributed by atoms with van der Waals surface area (Å²) in [6, 6.07) is 5.32. The first-order valence-corrected chi connectivity index (χ1v) is 6.78. The van der Waals surface area contributed by atoms with Crippen molar-refractivity contribution in [3.05, 3.63) is 29.3 Å². The van der Waals surface area contributed by atoms with Crippen LogP contribution in [0.3, 0.4) is 0 Å². The van der Waals surface area contributed by atoms with Crippen molar-refractivity contribution in [2.75, 3.05) is 18.8 Å². The molecule has 1 fully saturated rings. The maximum atomic E-state index is 12.5. The number of hydrogen-bond acceptors (Lipinski definition) is 3. The number of carboxylic acids is 1. The van der Waals surface area contributed by atoms with Crippen LogP contribution in [0.5, 0.6) is 0 Å². The summed E-state index contributed by atoms with van der Waals surface area (Å²) in [6.07, 6.45) is 1.02. The zero-order chi connectivity index (χ0) is 14.9. The number of benzene rings is 1. The van der Waals surface area contributed by atoms with E-state index in [-0.39, 0.29) is 12.5 Å². The Morgan fingerprint density at radius 1 is 1.45 bits per heavy atom. The summed E-state index contributed by atoms with van der Waals surface area (Å²) < 4.78 is 0. The molecule has 5 nitrogen and oxygen atoms in total. The summed E-state index contributed by atoms with van der Waals surface area (Å²) in [4.78, 5) is 25.5. The van der Waals surface area contributed by atoms with E-state index >= 15 is 0 Å². The van der Waals surface area contributed by atoms with Gasteiger partial charge < -0.3 is 15.7 Å². The number of nitrogen functional groups attached to an aromatic ring is 1. The van der Waals surface area contributed by atoms with Crippen LogP contribution in [0.15, 0.2) is 18.2 Å². The maximum Gasteiger partial charge on any atom is 0.311 e. The number of nitrogens with zero attached hydrogens (tertiary/aromatic N) is 1. The monoisotopic (exact) mass is 276 g/mol. The van der Waals surface area contributed by atoms with Crippen LogP contribution in [0.4, 0.5) is 5.69 Å². The predicted molar refractivity (Wildman–Crippen MR) is 76.5 cm³/mol. The van der Waals surface area contributed by atoms with Crippen LogP contribution in [0, 0.1) is 12.3 Å². The van der Waals surface area contributed by atoms with Gasteiger partial charge in [0.2, 0.25) is 0 Å². The van der Waals surface area contributed by atoms with Crippen molar-refractivity contribution in [2.45, 2.75) is 26.7 Å². The van der Waals surface area contributed by atoms with Crippen molar-refractivity contribution in [1.29, 1.82) is 0 Å². The molecule has 108 valence electrons. The van der Waals surface area contributed by atoms with Crippen LogP contribution in [0.1, 0.15) is 35.7 Å². The largest absolute Gasteiger partial charge is 0.481 e. The first-order valence-electron chi connectivity index (χ1n) is 6.78. The second kappa shape index (κ2) is 5.15. The first-order chi connectivity index (χ1) is 9.39. The van der Waals surface area contributed by atoms with Gasteiger partial charge in [-0.25, -0.2) is 0 Å². The molecule has 1 aromatic carbocycles. The Bertz CT molecular complexity index is 556. The lowest BCUT2D eigenvalue weighted by Gasteiger charge is -2.23. The molecule has 0 radical (unpaired) electrons. The fraction of sp³-hybridized carbons (Fsp3) is 0.467. The molecule has 1 aromatic rings. The van der Waals surface area contributed by atoms with Crippen LogP contribution in [-0.2, 0) is 4.79 Å². The third kappa shape index (κ3) is 2.35.